The van der Waals surface area contributed by atoms with Gasteiger partial charge in [0, 0.05) is 12.6 Å². The van der Waals surface area contributed by atoms with Crippen molar-refractivity contribution in [3.63, 3.8) is 0 Å². The standard InChI is InChI=1S/C7H17NO.ClH/c1-6(8)4-7(2,3)5-9;/h6,9H,4-5,8H2,1-3H3;1H. The molecular weight excluding hydrogens is 150 g/mol. The van der Waals surface area contributed by atoms with Crippen molar-refractivity contribution in [2.24, 2.45) is 11.1 Å². The lowest BCUT2D eigenvalue weighted by Gasteiger charge is -2.23. The van der Waals surface area contributed by atoms with E-state index in [-0.39, 0.29) is 30.5 Å². The molecule has 0 aromatic rings. The highest BCUT2D eigenvalue weighted by atomic mass is 35.5. The fraction of sp³-hybridized carbons (Fsp3) is 1.00. The first kappa shape index (κ1) is 12.8. The van der Waals surface area contributed by atoms with E-state index >= 15 is 0 Å². The number of hydrogen-bond donors (Lipinski definition) is 2. The van der Waals surface area contributed by atoms with Gasteiger partial charge in [-0.15, -0.1) is 12.4 Å². The predicted octanol–water partition coefficient (Wildman–Crippen LogP) is 1.16. The largest absolute Gasteiger partial charge is 0.396 e. The maximum atomic E-state index is 8.79. The number of aliphatic hydroxyl groups is 1. The Bertz CT molecular complexity index is 83.7. The summed E-state index contributed by atoms with van der Waals surface area (Å²) in [5.41, 5.74) is 5.54. The summed E-state index contributed by atoms with van der Waals surface area (Å²) in [5.74, 6) is 0. The minimum atomic E-state index is -0.00579. The maximum absolute atomic E-state index is 8.79. The van der Waals surface area contributed by atoms with E-state index in [1.807, 2.05) is 20.8 Å². The second-order valence-electron chi connectivity index (χ2n) is 3.50. The molecule has 0 heterocycles. The first-order chi connectivity index (χ1) is 3.98. The average molecular weight is 168 g/mol. The van der Waals surface area contributed by atoms with Crippen LogP contribution >= 0.6 is 12.4 Å². The van der Waals surface area contributed by atoms with E-state index in [0.29, 0.717) is 0 Å². The summed E-state index contributed by atoms with van der Waals surface area (Å²) in [6, 6.07) is 0.187. The number of halogens is 1. The molecule has 3 heteroatoms. The van der Waals surface area contributed by atoms with Crippen LogP contribution in [0.1, 0.15) is 27.2 Å². The highest BCUT2D eigenvalue weighted by molar-refractivity contribution is 5.85. The highest BCUT2D eigenvalue weighted by Gasteiger charge is 2.17. The van der Waals surface area contributed by atoms with Crippen LogP contribution in [0.3, 0.4) is 0 Å². The van der Waals surface area contributed by atoms with Crippen molar-refractivity contribution < 1.29 is 5.11 Å². The number of hydrogen-bond acceptors (Lipinski definition) is 2. The Hall–Kier alpha value is 0.210. The van der Waals surface area contributed by atoms with Gasteiger partial charge in [0.2, 0.25) is 0 Å². The lowest BCUT2D eigenvalue weighted by molar-refractivity contribution is 0.144. The van der Waals surface area contributed by atoms with Crippen molar-refractivity contribution >= 4 is 12.4 Å². The van der Waals surface area contributed by atoms with Gasteiger partial charge in [-0.2, -0.15) is 0 Å². The van der Waals surface area contributed by atoms with Gasteiger partial charge in [-0.05, 0) is 18.8 Å². The van der Waals surface area contributed by atoms with Gasteiger partial charge in [-0.3, -0.25) is 0 Å². The summed E-state index contributed by atoms with van der Waals surface area (Å²) < 4.78 is 0. The summed E-state index contributed by atoms with van der Waals surface area (Å²) >= 11 is 0. The molecule has 0 rings (SSSR count). The Labute approximate surface area is 69.2 Å². The molecule has 0 amide bonds. The SMILES string of the molecule is CC(N)CC(C)(C)CO.Cl. The van der Waals surface area contributed by atoms with E-state index in [1.54, 1.807) is 0 Å². The lowest BCUT2D eigenvalue weighted by atomic mass is 9.87. The molecule has 2 nitrogen and oxygen atoms in total. The van der Waals surface area contributed by atoms with E-state index in [2.05, 4.69) is 0 Å². The van der Waals surface area contributed by atoms with Gasteiger partial charge in [-0.25, -0.2) is 0 Å². The summed E-state index contributed by atoms with van der Waals surface area (Å²) in [6.45, 7) is 6.19. The Morgan fingerprint density at radius 3 is 2.00 bits per heavy atom. The topological polar surface area (TPSA) is 46.2 Å². The Morgan fingerprint density at radius 1 is 1.50 bits per heavy atom. The smallest absolute Gasteiger partial charge is 0.0482 e. The first-order valence-electron chi connectivity index (χ1n) is 3.34. The molecule has 1 atom stereocenters. The van der Waals surface area contributed by atoms with Crippen molar-refractivity contribution in [2.75, 3.05) is 6.61 Å². The molecule has 3 N–H and O–H groups in total. The fourth-order valence-corrected chi connectivity index (χ4v) is 0.936. The van der Waals surface area contributed by atoms with Crippen molar-refractivity contribution in [1.29, 1.82) is 0 Å². The van der Waals surface area contributed by atoms with Gasteiger partial charge in [-0.1, -0.05) is 13.8 Å². The van der Waals surface area contributed by atoms with Crippen molar-refractivity contribution in [1.82, 2.24) is 0 Å². The minimum absolute atomic E-state index is 0. The predicted molar refractivity (Wildman–Crippen MR) is 46.4 cm³/mol. The van der Waals surface area contributed by atoms with Gasteiger partial charge in [0.1, 0.15) is 0 Å². The van der Waals surface area contributed by atoms with Crippen LogP contribution < -0.4 is 5.73 Å². The highest BCUT2D eigenvalue weighted by Crippen LogP contribution is 2.19. The quantitative estimate of drug-likeness (QED) is 0.663. The molecule has 0 fully saturated rings. The van der Waals surface area contributed by atoms with Crippen LogP contribution in [0.25, 0.3) is 0 Å². The third kappa shape index (κ3) is 6.33. The average Bonchev–Trinajstić information content (AvgIpc) is 1.63. The monoisotopic (exact) mass is 167 g/mol. The Kier molecular flexibility index (Phi) is 6.35. The molecule has 0 aliphatic carbocycles. The second-order valence-corrected chi connectivity index (χ2v) is 3.50. The van der Waals surface area contributed by atoms with E-state index in [4.69, 9.17) is 10.8 Å². The van der Waals surface area contributed by atoms with Gasteiger partial charge in [0.05, 0.1) is 0 Å². The number of nitrogens with two attached hydrogens (primary N) is 1. The van der Waals surface area contributed by atoms with Crippen molar-refractivity contribution in [2.45, 2.75) is 33.2 Å². The van der Waals surface area contributed by atoms with Crippen LogP contribution in [0.15, 0.2) is 0 Å². The molecule has 0 saturated heterocycles. The van der Waals surface area contributed by atoms with Crippen LogP contribution in [0.4, 0.5) is 0 Å². The zero-order chi connectivity index (χ0) is 7.49. The summed E-state index contributed by atoms with van der Waals surface area (Å²) in [5, 5.41) is 8.79. The van der Waals surface area contributed by atoms with Crippen LogP contribution in [0, 0.1) is 5.41 Å². The van der Waals surface area contributed by atoms with E-state index in [0.717, 1.165) is 6.42 Å². The normalized spacial score (nSPS) is 14.1. The first-order valence-corrected chi connectivity index (χ1v) is 3.34. The molecule has 0 spiro atoms. The number of rotatable bonds is 3. The third-order valence-corrected chi connectivity index (χ3v) is 1.30. The van der Waals surface area contributed by atoms with Gasteiger partial charge >= 0.3 is 0 Å². The molecule has 0 aliphatic rings. The van der Waals surface area contributed by atoms with Gasteiger partial charge < -0.3 is 10.8 Å². The molecule has 1 unspecified atom stereocenters. The lowest BCUT2D eigenvalue weighted by Crippen LogP contribution is -2.27. The summed E-state index contributed by atoms with van der Waals surface area (Å²) in [7, 11) is 0. The van der Waals surface area contributed by atoms with Crippen LogP contribution in [0.5, 0.6) is 0 Å². The molecule has 10 heavy (non-hydrogen) atoms. The van der Waals surface area contributed by atoms with Gasteiger partial charge in [0.25, 0.3) is 0 Å². The van der Waals surface area contributed by atoms with Crippen molar-refractivity contribution in [3.05, 3.63) is 0 Å². The van der Waals surface area contributed by atoms with Crippen LogP contribution in [-0.2, 0) is 0 Å². The van der Waals surface area contributed by atoms with E-state index in [1.165, 1.54) is 0 Å². The minimum Gasteiger partial charge on any atom is -0.396 e. The second kappa shape index (κ2) is 4.94. The summed E-state index contributed by atoms with van der Waals surface area (Å²) in [4.78, 5) is 0. The fourth-order valence-electron chi connectivity index (χ4n) is 0.936. The molecule has 0 aliphatic heterocycles. The zero-order valence-electron chi connectivity index (χ0n) is 6.92. The summed E-state index contributed by atoms with van der Waals surface area (Å²) in [6.07, 6.45) is 0.878. The van der Waals surface area contributed by atoms with Crippen molar-refractivity contribution in [3.8, 4) is 0 Å². The van der Waals surface area contributed by atoms with Gasteiger partial charge in [0.15, 0.2) is 0 Å². The maximum Gasteiger partial charge on any atom is 0.0482 e. The third-order valence-electron chi connectivity index (χ3n) is 1.30. The molecule has 64 valence electrons. The van der Waals surface area contributed by atoms with E-state index in [9.17, 15) is 0 Å². The Balaban J connectivity index is 0. The molecule has 0 saturated carbocycles. The molecule has 0 aromatic carbocycles. The zero-order valence-corrected chi connectivity index (χ0v) is 7.74. The van der Waals surface area contributed by atoms with E-state index < -0.39 is 0 Å². The van der Waals surface area contributed by atoms with Crippen LogP contribution in [-0.4, -0.2) is 17.8 Å². The molecule has 0 radical (unpaired) electrons. The van der Waals surface area contributed by atoms with Crippen LogP contribution in [0.2, 0.25) is 0 Å². The Morgan fingerprint density at radius 2 is 1.90 bits per heavy atom. The molecule has 0 aromatic heterocycles. The number of aliphatic hydroxyl groups excluding tert-OH is 1. The molecule has 0 bridgehead atoms. The molecular formula is C7H18ClNO.